The van der Waals surface area contributed by atoms with Gasteiger partial charge in [-0.05, 0) is 37.1 Å². The van der Waals surface area contributed by atoms with Gasteiger partial charge in [-0.25, -0.2) is 0 Å². The molecule has 2 N–H and O–H groups in total. The summed E-state index contributed by atoms with van der Waals surface area (Å²) in [6.45, 7) is 1.70. The molecule has 0 radical (unpaired) electrons. The van der Waals surface area contributed by atoms with E-state index in [2.05, 4.69) is 34.6 Å². The van der Waals surface area contributed by atoms with Gasteiger partial charge in [-0.15, -0.1) is 0 Å². The number of aromatic nitrogens is 1. The minimum atomic E-state index is -0.597. The highest BCUT2D eigenvalue weighted by Gasteiger charge is 2.29. The van der Waals surface area contributed by atoms with Crippen LogP contribution in [-0.2, 0) is 6.42 Å². The number of benzene rings is 1. The summed E-state index contributed by atoms with van der Waals surface area (Å²) in [6, 6.07) is 10.3. The van der Waals surface area contributed by atoms with Crippen molar-refractivity contribution in [2.24, 2.45) is 0 Å². The molecule has 0 amide bonds. The van der Waals surface area contributed by atoms with Gasteiger partial charge < -0.3 is 10.4 Å². The van der Waals surface area contributed by atoms with Crippen LogP contribution in [0.1, 0.15) is 18.4 Å². The Bertz CT molecular complexity index is 547. The fraction of sp³-hybridized carbons (Fsp3) is 0.400. The Morgan fingerprint density at radius 1 is 1.33 bits per heavy atom. The summed E-state index contributed by atoms with van der Waals surface area (Å²) < 4.78 is 0. The fourth-order valence-electron chi connectivity index (χ4n) is 2.70. The van der Waals surface area contributed by atoms with Gasteiger partial charge >= 0.3 is 0 Å². The Morgan fingerprint density at radius 3 is 3.11 bits per heavy atom. The zero-order valence-electron chi connectivity index (χ0n) is 10.4. The topological polar surface area (TPSA) is 45.2 Å². The van der Waals surface area contributed by atoms with Gasteiger partial charge in [0.15, 0.2) is 0 Å². The van der Waals surface area contributed by atoms with E-state index in [1.807, 2.05) is 12.3 Å². The van der Waals surface area contributed by atoms with Gasteiger partial charge in [0.1, 0.15) is 0 Å². The van der Waals surface area contributed by atoms with Gasteiger partial charge in [0.25, 0.3) is 0 Å². The molecule has 1 fully saturated rings. The molecule has 1 aromatic carbocycles. The van der Waals surface area contributed by atoms with Crippen molar-refractivity contribution in [3.63, 3.8) is 0 Å². The van der Waals surface area contributed by atoms with Gasteiger partial charge in [-0.2, -0.15) is 0 Å². The summed E-state index contributed by atoms with van der Waals surface area (Å²) in [7, 11) is 0. The number of aliphatic hydroxyl groups is 1. The molecular weight excluding hydrogens is 224 g/mol. The maximum Gasteiger partial charge on any atom is 0.0812 e. The molecule has 1 atom stereocenters. The smallest absolute Gasteiger partial charge is 0.0812 e. The third kappa shape index (κ3) is 2.37. The molecule has 3 rings (SSSR count). The molecule has 0 spiro atoms. The van der Waals surface area contributed by atoms with E-state index in [0.717, 1.165) is 35.9 Å². The average molecular weight is 242 g/mol. The predicted molar refractivity (Wildman–Crippen MR) is 72.5 cm³/mol. The van der Waals surface area contributed by atoms with E-state index < -0.39 is 5.60 Å². The monoisotopic (exact) mass is 242 g/mol. The van der Waals surface area contributed by atoms with E-state index >= 15 is 0 Å². The average Bonchev–Trinajstić information content (AvgIpc) is 2.39. The van der Waals surface area contributed by atoms with Crippen molar-refractivity contribution in [1.82, 2.24) is 10.3 Å². The molecule has 0 aliphatic carbocycles. The Morgan fingerprint density at radius 2 is 2.28 bits per heavy atom. The molecule has 2 aromatic rings. The number of pyridine rings is 1. The zero-order valence-corrected chi connectivity index (χ0v) is 10.4. The first-order valence-corrected chi connectivity index (χ1v) is 6.52. The lowest BCUT2D eigenvalue weighted by Crippen LogP contribution is -2.47. The minimum absolute atomic E-state index is 0.597. The Labute approximate surface area is 107 Å². The van der Waals surface area contributed by atoms with Crippen LogP contribution in [0, 0.1) is 0 Å². The standard InChI is InChI=1S/C15H18N2O/c18-15(6-2-7-16-11-15)10-12-4-5-13-3-1-8-17-14(13)9-12/h1,3-5,8-9,16,18H,2,6-7,10-11H2. The SMILES string of the molecule is OC1(Cc2ccc3cccnc3c2)CCCNC1. The third-order valence-corrected chi connectivity index (χ3v) is 3.65. The number of β-amino-alcohol motifs (C(OH)–C–C–N with tert-alkyl or cyclic N) is 1. The summed E-state index contributed by atoms with van der Waals surface area (Å²) in [5.41, 5.74) is 1.57. The summed E-state index contributed by atoms with van der Waals surface area (Å²) in [6.07, 6.45) is 4.43. The van der Waals surface area contributed by atoms with Crippen molar-refractivity contribution in [3.8, 4) is 0 Å². The van der Waals surface area contributed by atoms with E-state index in [1.165, 1.54) is 0 Å². The van der Waals surface area contributed by atoms with E-state index in [4.69, 9.17) is 0 Å². The van der Waals surface area contributed by atoms with Crippen LogP contribution in [0.3, 0.4) is 0 Å². The van der Waals surface area contributed by atoms with Crippen molar-refractivity contribution in [2.75, 3.05) is 13.1 Å². The summed E-state index contributed by atoms with van der Waals surface area (Å²) in [4.78, 5) is 4.36. The highest BCUT2D eigenvalue weighted by Crippen LogP contribution is 2.23. The molecule has 1 aliphatic heterocycles. The molecule has 2 heterocycles. The molecule has 0 saturated carbocycles. The van der Waals surface area contributed by atoms with Crippen LogP contribution in [-0.4, -0.2) is 28.8 Å². The van der Waals surface area contributed by atoms with Crippen LogP contribution < -0.4 is 5.32 Å². The molecule has 0 bridgehead atoms. The third-order valence-electron chi connectivity index (χ3n) is 3.65. The maximum absolute atomic E-state index is 10.5. The lowest BCUT2D eigenvalue weighted by molar-refractivity contribution is 0.0170. The van der Waals surface area contributed by atoms with Crippen LogP contribution in [0.15, 0.2) is 36.5 Å². The predicted octanol–water partition coefficient (Wildman–Crippen LogP) is 1.89. The number of fused-ring (bicyclic) bond motifs is 1. The lowest BCUT2D eigenvalue weighted by atomic mass is 9.87. The van der Waals surface area contributed by atoms with Crippen molar-refractivity contribution in [2.45, 2.75) is 24.9 Å². The van der Waals surface area contributed by atoms with Crippen LogP contribution in [0.25, 0.3) is 10.9 Å². The van der Waals surface area contributed by atoms with Crippen LogP contribution >= 0.6 is 0 Å². The quantitative estimate of drug-likeness (QED) is 0.845. The molecule has 1 saturated heterocycles. The molecular formula is C15H18N2O. The van der Waals surface area contributed by atoms with E-state index in [-0.39, 0.29) is 0 Å². The van der Waals surface area contributed by atoms with Crippen molar-refractivity contribution in [3.05, 3.63) is 42.1 Å². The first-order chi connectivity index (χ1) is 8.75. The highest BCUT2D eigenvalue weighted by molar-refractivity contribution is 5.78. The zero-order chi connectivity index (χ0) is 12.4. The van der Waals surface area contributed by atoms with Gasteiger partial charge in [0.2, 0.25) is 0 Å². The highest BCUT2D eigenvalue weighted by atomic mass is 16.3. The summed E-state index contributed by atoms with van der Waals surface area (Å²) in [5, 5.41) is 14.9. The molecule has 1 aliphatic rings. The first-order valence-electron chi connectivity index (χ1n) is 6.52. The Kier molecular flexibility index (Phi) is 3.02. The molecule has 18 heavy (non-hydrogen) atoms. The summed E-state index contributed by atoms with van der Waals surface area (Å²) in [5.74, 6) is 0. The van der Waals surface area contributed by atoms with E-state index in [0.29, 0.717) is 13.0 Å². The molecule has 94 valence electrons. The minimum Gasteiger partial charge on any atom is -0.388 e. The number of nitrogens with zero attached hydrogens (tertiary/aromatic N) is 1. The number of nitrogens with one attached hydrogen (secondary N) is 1. The van der Waals surface area contributed by atoms with Gasteiger partial charge in [0.05, 0.1) is 11.1 Å². The summed E-state index contributed by atoms with van der Waals surface area (Å²) >= 11 is 0. The molecule has 3 heteroatoms. The van der Waals surface area contributed by atoms with Gasteiger partial charge in [0, 0.05) is 24.5 Å². The normalized spacial score (nSPS) is 24.3. The van der Waals surface area contributed by atoms with Gasteiger partial charge in [-0.3, -0.25) is 4.98 Å². The Hall–Kier alpha value is -1.45. The van der Waals surface area contributed by atoms with E-state index in [9.17, 15) is 5.11 Å². The number of rotatable bonds is 2. The van der Waals surface area contributed by atoms with Crippen molar-refractivity contribution >= 4 is 10.9 Å². The number of piperidine rings is 1. The molecule has 1 unspecified atom stereocenters. The fourth-order valence-corrected chi connectivity index (χ4v) is 2.70. The molecule has 3 nitrogen and oxygen atoms in total. The van der Waals surface area contributed by atoms with Crippen LogP contribution in [0.5, 0.6) is 0 Å². The first kappa shape index (κ1) is 11.6. The van der Waals surface area contributed by atoms with Crippen molar-refractivity contribution in [1.29, 1.82) is 0 Å². The maximum atomic E-state index is 10.5. The Balaban J connectivity index is 1.85. The van der Waals surface area contributed by atoms with Crippen LogP contribution in [0.2, 0.25) is 0 Å². The van der Waals surface area contributed by atoms with E-state index in [1.54, 1.807) is 0 Å². The van der Waals surface area contributed by atoms with Crippen LogP contribution in [0.4, 0.5) is 0 Å². The largest absolute Gasteiger partial charge is 0.388 e. The van der Waals surface area contributed by atoms with Crippen molar-refractivity contribution < 1.29 is 5.11 Å². The lowest BCUT2D eigenvalue weighted by Gasteiger charge is -2.32. The molecule has 1 aromatic heterocycles. The second-order valence-electron chi connectivity index (χ2n) is 5.21. The van der Waals surface area contributed by atoms with Gasteiger partial charge in [-0.1, -0.05) is 18.2 Å². The number of hydrogen-bond donors (Lipinski definition) is 2. The number of hydrogen-bond acceptors (Lipinski definition) is 3. The second-order valence-corrected chi connectivity index (χ2v) is 5.21. The second kappa shape index (κ2) is 4.67.